The normalized spacial score (nSPS) is 12.4. The van der Waals surface area contributed by atoms with Crippen molar-refractivity contribution < 1.29 is 14.7 Å². The Balaban J connectivity index is 3.60. The molecule has 0 fully saturated rings. The van der Waals surface area contributed by atoms with Gasteiger partial charge < -0.3 is 10.8 Å². The van der Waals surface area contributed by atoms with Gasteiger partial charge in [0.1, 0.15) is 17.4 Å². The van der Waals surface area contributed by atoms with Crippen LogP contribution in [0.2, 0.25) is 0 Å². The molecule has 4 N–H and O–H groups in total. The number of nitrogens with two attached hydrogens (primary N) is 1. The Morgan fingerprint density at radius 1 is 1.12 bits per heavy atom. The zero-order chi connectivity index (χ0) is 19.6. The van der Waals surface area contributed by atoms with E-state index in [-0.39, 0.29) is 22.2 Å². The Hall–Kier alpha value is -2.81. The van der Waals surface area contributed by atoms with Gasteiger partial charge in [0.15, 0.2) is 0 Å². The third-order valence-electron chi connectivity index (χ3n) is 3.66. The van der Waals surface area contributed by atoms with Crippen LogP contribution in [0, 0.1) is 11.3 Å². The molecule has 0 saturated carbocycles. The third-order valence-corrected chi connectivity index (χ3v) is 3.66. The summed E-state index contributed by atoms with van der Waals surface area (Å²) in [4.78, 5) is 22.7. The second-order valence-electron chi connectivity index (χ2n) is 7.95. The Labute approximate surface area is 148 Å². The molecule has 134 valence electrons. The molecule has 6 nitrogen and oxygen atoms in total. The van der Waals surface area contributed by atoms with E-state index in [1.54, 1.807) is 18.2 Å². The van der Waals surface area contributed by atoms with Crippen LogP contribution in [0.15, 0.2) is 17.7 Å². The maximum absolute atomic E-state index is 11.9. The van der Waals surface area contributed by atoms with Gasteiger partial charge in [-0.1, -0.05) is 41.5 Å². The van der Waals surface area contributed by atoms with Gasteiger partial charge in [-0.25, -0.2) is 4.79 Å². The summed E-state index contributed by atoms with van der Waals surface area (Å²) in [5.74, 6) is -0.657. The number of nitrogens with zero attached hydrogens (tertiary/aromatic N) is 1. The van der Waals surface area contributed by atoms with Crippen LogP contribution >= 0.6 is 0 Å². The Bertz CT molecular complexity index is 738. The highest BCUT2D eigenvalue weighted by Gasteiger charge is 2.26. The number of phenols is 1. The second kappa shape index (κ2) is 6.98. The Kier molecular flexibility index (Phi) is 5.65. The summed E-state index contributed by atoms with van der Waals surface area (Å²) in [6, 6.07) is 4.21. The first kappa shape index (κ1) is 20.2. The van der Waals surface area contributed by atoms with Crippen molar-refractivity contribution in [1.29, 1.82) is 5.26 Å². The maximum atomic E-state index is 11.9. The number of primary amides is 1. The van der Waals surface area contributed by atoms with E-state index < -0.39 is 11.9 Å². The molecule has 0 radical (unpaired) electrons. The van der Waals surface area contributed by atoms with Crippen LogP contribution in [-0.2, 0) is 15.6 Å². The second-order valence-corrected chi connectivity index (χ2v) is 7.95. The molecule has 0 atom stereocenters. The lowest BCUT2D eigenvalue weighted by Crippen LogP contribution is -2.35. The molecule has 0 heterocycles. The molecule has 0 aliphatic rings. The monoisotopic (exact) mass is 343 g/mol. The fraction of sp³-hybridized carbons (Fsp3) is 0.421. The van der Waals surface area contributed by atoms with Gasteiger partial charge in [0, 0.05) is 11.1 Å². The lowest BCUT2D eigenvalue weighted by molar-refractivity contribution is -0.115. The molecular weight excluding hydrogens is 318 g/mol. The number of hydrogen-bond donors (Lipinski definition) is 3. The number of benzene rings is 1. The van der Waals surface area contributed by atoms with Crippen LogP contribution in [0.1, 0.15) is 58.2 Å². The average Bonchev–Trinajstić information content (AvgIpc) is 2.42. The number of imide groups is 1. The number of hydrogen-bond acceptors (Lipinski definition) is 4. The summed E-state index contributed by atoms with van der Waals surface area (Å²) in [7, 11) is 0. The Morgan fingerprint density at radius 3 is 1.88 bits per heavy atom. The van der Waals surface area contributed by atoms with Crippen LogP contribution in [0.3, 0.4) is 0 Å². The predicted octanol–water partition coefficient (Wildman–Crippen LogP) is 3.09. The van der Waals surface area contributed by atoms with Crippen molar-refractivity contribution >= 4 is 18.0 Å². The van der Waals surface area contributed by atoms with E-state index >= 15 is 0 Å². The van der Waals surface area contributed by atoms with Crippen LogP contribution in [0.25, 0.3) is 6.08 Å². The van der Waals surface area contributed by atoms with Crippen molar-refractivity contribution in [3.8, 4) is 11.8 Å². The van der Waals surface area contributed by atoms with Gasteiger partial charge in [-0.3, -0.25) is 10.1 Å². The van der Waals surface area contributed by atoms with Gasteiger partial charge in [0.2, 0.25) is 0 Å². The molecule has 0 aromatic heterocycles. The summed E-state index contributed by atoms with van der Waals surface area (Å²) < 4.78 is 0. The molecule has 0 unspecified atom stereocenters. The fourth-order valence-corrected chi connectivity index (χ4v) is 2.38. The van der Waals surface area contributed by atoms with Crippen molar-refractivity contribution in [2.75, 3.05) is 0 Å². The number of amides is 3. The van der Waals surface area contributed by atoms with Gasteiger partial charge in [0.05, 0.1) is 0 Å². The lowest BCUT2D eigenvalue weighted by atomic mass is 9.78. The van der Waals surface area contributed by atoms with Gasteiger partial charge in [-0.05, 0) is 34.6 Å². The molecule has 0 aliphatic carbocycles. The minimum absolute atomic E-state index is 0.206. The van der Waals surface area contributed by atoms with Crippen molar-refractivity contribution in [1.82, 2.24) is 5.32 Å². The molecule has 0 aliphatic heterocycles. The average molecular weight is 343 g/mol. The van der Waals surface area contributed by atoms with E-state index in [9.17, 15) is 20.0 Å². The number of nitriles is 1. The molecule has 25 heavy (non-hydrogen) atoms. The Morgan fingerprint density at radius 2 is 1.56 bits per heavy atom. The highest BCUT2D eigenvalue weighted by atomic mass is 16.3. The minimum atomic E-state index is -1.03. The van der Waals surface area contributed by atoms with Crippen LogP contribution in [0.5, 0.6) is 5.75 Å². The SMILES string of the molecule is CC(C)(C)c1cc(/C=C(/C#N)C(=O)NC(N)=O)cc(C(C)(C)C)c1O. The third kappa shape index (κ3) is 5.08. The first-order valence-electron chi connectivity index (χ1n) is 7.88. The van der Waals surface area contributed by atoms with E-state index in [0.717, 1.165) is 0 Å². The van der Waals surface area contributed by atoms with Gasteiger partial charge >= 0.3 is 6.03 Å². The molecule has 3 amide bonds. The largest absolute Gasteiger partial charge is 0.507 e. The van der Waals surface area contributed by atoms with Crippen molar-refractivity contribution in [3.63, 3.8) is 0 Å². The van der Waals surface area contributed by atoms with E-state index in [4.69, 9.17) is 5.73 Å². The van der Waals surface area contributed by atoms with Crippen LogP contribution < -0.4 is 11.1 Å². The highest BCUT2D eigenvalue weighted by Crippen LogP contribution is 2.40. The van der Waals surface area contributed by atoms with E-state index in [1.807, 2.05) is 46.9 Å². The number of urea groups is 1. The van der Waals surface area contributed by atoms with Gasteiger partial charge in [-0.15, -0.1) is 0 Å². The van der Waals surface area contributed by atoms with Crippen LogP contribution in [0.4, 0.5) is 4.79 Å². The number of carbonyl (C=O) groups excluding carboxylic acids is 2. The highest BCUT2D eigenvalue weighted by molar-refractivity contribution is 6.08. The van der Waals surface area contributed by atoms with Crippen molar-refractivity contribution in [3.05, 3.63) is 34.4 Å². The number of nitrogens with one attached hydrogen (secondary N) is 1. The molecule has 1 aromatic rings. The number of carbonyl (C=O) groups is 2. The first-order chi connectivity index (χ1) is 11.3. The molecule has 1 aromatic carbocycles. The quantitative estimate of drug-likeness (QED) is 0.565. The standard InChI is InChI=1S/C19H25N3O3/c1-18(2,3)13-8-11(9-14(15(13)23)19(4,5)6)7-12(10-20)16(24)22-17(21)25/h7-9,23H,1-6H3,(H3,21,22,24,25)/b12-7-. The van der Waals surface area contributed by atoms with E-state index in [1.165, 1.54) is 6.08 Å². The smallest absolute Gasteiger partial charge is 0.319 e. The summed E-state index contributed by atoms with van der Waals surface area (Å²) >= 11 is 0. The van der Waals surface area contributed by atoms with Gasteiger partial charge in [-0.2, -0.15) is 5.26 Å². The molecule has 1 rings (SSSR count). The molecule has 6 heteroatoms. The first-order valence-corrected chi connectivity index (χ1v) is 7.88. The summed E-state index contributed by atoms with van der Waals surface area (Å²) in [5.41, 5.74) is 6.00. The number of aromatic hydroxyl groups is 1. The lowest BCUT2D eigenvalue weighted by Gasteiger charge is -2.28. The number of rotatable bonds is 2. The zero-order valence-corrected chi connectivity index (χ0v) is 15.5. The fourth-order valence-electron chi connectivity index (χ4n) is 2.38. The topological polar surface area (TPSA) is 116 Å². The summed E-state index contributed by atoms with van der Waals surface area (Å²) in [5, 5.41) is 21.8. The predicted molar refractivity (Wildman–Crippen MR) is 96.8 cm³/mol. The number of phenolic OH excluding ortho intramolecular Hbond substituents is 1. The maximum Gasteiger partial charge on any atom is 0.319 e. The zero-order valence-electron chi connectivity index (χ0n) is 15.5. The molecular formula is C19H25N3O3. The van der Waals surface area contributed by atoms with E-state index in [0.29, 0.717) is 16.7 Å². The van der Waals surface area contributed by atoms with Gasteiger partial charge in [0.25, 0.3) is 5.91 Å². The summed E-state index contributed by atoms with van der Waals surface area (Å²) in [6.45, 7) is 11.8. The van der Waals surface area contributed by atoms with Crippen molar-refractivity contribution in [2.45, 2.75) is 52.4 Å². The van der Waals surface area contributed by atoms with Crippen LogP contribution in [-0.4, -0.2) is 17.0 Å². The summed E-state index contributed by atoms with van der Waals surface area (Å²) in [6.07, 6.45) is 1.38. The minimum Gasteiger partial charge on any atom is -0.507 e. The molecule has 0 spiro atoms. The van der Waals surface area contributed by atoms with Crippen molar-refractivity contribution in [2.24, 2.45) is 5.73 Å². The molecule has 0 bridgehead atoms. The molecule has 0 saturated heterocycles. The van der Waals surface area contributed by atoms with E-state index in [2.05, 4.69) is 0 Å².